The summed E-state index contributed by atoms with van der Waals surface area (Å²) in [6.07, 6.45) is 89.4. The first-order valence-corrected chi connectivity index (χ1v) is 40.9. The summed E-state index contributed by atoms with van der Waals surface area (Å²) in [4.78, 5) is 65.4. The summed E-state index contributed by atoms with van der Waals surface area (Å²) in [6.45, 7) is 9.07. The second kappa shape index (κ2) is 74.3. The minimum atomic E-state index is -0.929. The predicted octanol–water partition coefficient (Wildman–Crippen LogP) is 28.5. The Balaban J connectivity index is 4.71. The van der Waals surface area contributed by atoms with Crippen molar-refractivity contribution in [1.82, 2.24) is 0 Å². The van der Waals surface area contributed by atoms with Crippen LogP contribution in [0.1, 0.15) is 490 Å². The van der Waals surface area contributed by atoms with E-state index >= 15 is 0 Å². The number of hydrogen-bond donors (Lipinski definition) is 0. The Hall–Kier alpha value is -1.72. The fourth-order valence-electron chi connectivity index (χ4n) is 13.6. The van der Waals surface area contributed by atoms with E-state index in [0.29, 0.717) is 25.7 Å². The standard InChI is InChI=1S/C82H158O6/c1-5-9-13-17-21-25-27-29-31-33-35-37-39-41-43-45-47-49-51-53-55-57-59-61-65-69-73-77(79(83)75-71-67-63-23-19-15-11-7-3)81(85)87-88-82(86)78(80(84)76-72-68-64-24-20-16-12-8-4)74-70-66-62-60-58-56-54-52-50-48-46-44-42-40-38-36-34-32-30-28-26-22-18-14-10-6-2/h77-78H,5-76H2,1-4H3. The van der Waals surface area contributed by atoms with E-state index in [1.807, 2.05) is 0 Å². The molecule has 0 saturated carbocycles. The summed E-state index contributed by atoms with van der Waals surface area (Å²) < 4.78 is 0. The van der Waals surface area contributed by atoms with Crippen LogP contribution < -0.4 is 0 Å². The van der Waals surface area contributed by atoms with Gasteiger partial charge in [-0.05, 0) is 25.7 Å². The maximum atomic E-state index is 13.7. The first-order valence-electron chi connectivity index (χ1n) is 40.9. The van der Waals surface area contributed by atoms with Gasteiger partial charge < -0.3 is 0 Å². The topological polar surface area (TPSA) is 86.7 Å². The molecule has 0 saturated heterocycles. The van der Waals surface area contributed by atoms with Crippen molar-refractivity contribution >= 4 is 23.5 Å². The molecule has 6 heteroatoms. The zero-order chi connectivity index (χ0) is 63.8. The molecule has 0 heterocycles. The summed E-state index contributed by atoms with van der Waals surface area (Å²) in [7, 11) is 0. The van der Waals surface area contributed by atoms with Gasteiger partial charge in [-0.25, -0.2) is 19.4 Å². The van der Waals surface area contributed by atoms with Crippen molar-refractivity contribution in [3.8, 4) is 0 Å². The lowest BCUT2D eigenvalue weighted by Gasteiger charge is -2.16. The second-order valence-electron chi connectivity index (χ2n) is 28.5. The Labute approximate surface area is 551 Å². The molecule has 0 amide bonds. The summed E-state index contributed by atoms with van der Waals surface area (Å²) in [5.74, 6) is -3.57. The van der Waals surface area contributed by atoms with E-state index in [2.05, 4.69) is 27.7 Å². The van der Waals surface area contributed by atoms with Gasteiger partial charge in [-0.2, -0.15) is 0 Å². The third-order valence-corrected chi connectivity index (χ3v) is 19.8. The Bertz CT molecular complexity index is 1310. The van der Waals surface area contributed by atoms with Gasteiger partial charge in [-0.3, -0.25) is 9.59 Å². The highest BCUT2D eigenvalue weighted by molar-refractivity contribution is 6.00. The lowest BCUT2D eigenvalue weighted by Crippen LogP contribution is -2.31. The van der Waals surface area contributed by atoms with Crippen LogP contribution in [-0.2, 0) is 29.0 Å². The van der Waals surface area contributed by atoms with Crippen molar-refractivity contribution < 1.29 is 29.0 Å². The molecule has 2 unspecified atom stereocenters. The van der Waals surface area contributed by atoms with Crippen molar-refractivity contribution in [2.24, 2.45) is 11.8 Å². The molecule has 0 aliphatic carbocycles. The lowest BCUT2D eigenvalue weighted by atomic mass is 9.92. The zero-order valence-corrected chi connectivity index (χ0v) is 60.5. The molecule has 2 atom stereocenters. The van der Waals surface area contributed by atoms with Crippen LogP contribution >= 0.6 is 0 Å². The first-order chi connectivity index (χ1) is 43.4. The molecule has 0 aromatic carbocycles. The Kier molecular flexibility index (Phi) is 72.9. The molecule has 0 aromatic heterocycles. The number of rotatable bonds is 76. The van der Waals surface area contributed by atoms with Gasteiger partial charge in [0, 0.05) is 12.8 Å². The molecule has 0 N–H and O–H groups in total. The Morgan fingerprint density at radius 1 is 0.182 bits per heavy atom. The van der Waals surface area contributed by atoms with Gasteiger partial charge in [0.05, 0.1) is 0 Å². The number of carbonyl (C=O) groups excluding carboxylic acids is 4. The van der Waals surface area contributed by atoms with Crippen LogP contribution in [0.25, 0.3) is 0 Å². The average Bonchev–Trinajstić information content (AvgIpc) is 3.55. The molecule has 0 aromatic rings. The van der Waals surface area contributed by atoms with Crippen molar-refractivity contribution in [1.29, 1.82) is 0 Å². The van der Waals surface area contributed by atoms with Crippen molar-refractivity contribution in [2.75, 3.05) is 0 Å². The minimum Gasteiger partial charge on any atom is -0.299 e. The molecule has 88 heavy (non-hydrogen) atoms. The fourth-order valence-corrected chi connectivity index (χ4v) is 13.6. The normalized spacial score (nSPS) is 12.3. The summed E-state index contributed by atoms with van der Waals surface area (Å²) >= 11 is 0. The highest BCUT2D eigenvalue weighted by Gasteiger charge is 2.33. The van der Waals surface area contributed by atoms with E-state index in [4.69, 9.17) is 9.78 Å². The number of carbonyl (C=O) groups is 4. The SMILES string of the molecule is CCCCCCCCCCCCCCCCCCCCCCCCCCCCC(C(=O)CCCCCCCCCC)C(=O)OOC(=O)C(CCCCCCCCCCCCCCCCCCCCCCCCCCCC)C(=O)CCCCCCCCCC. The third kappa shape index (κ3) is 64.4. The van der Waals surface area contributed by atoms with E-state index in [0.717, 1.165) is 77.0 Å². The van der Waals surface area contributed by atoms with Crippen LogP contribution in [0.3, 0.4) is 0 Å². The van der Waals surface area contributed by atoms with Crippen LogP contribution in [0.4, 0.5) is 0 Å². The van der Waals surface area contributed by atoms with Crippen LogP contribution in [0.5, 0.6) is 0 Å². The molecule has 0 aliphatic rings. The van der Waals surface area contributed by atoms with E-state index in [1.54, 1.807) is 0 Å². The van der Waals surface area contributed by atoms with Crippen LogP contribution in [0, 0.1) is 11.8 Å². The zero-order valence-electron chi connectivity index (χ0n) is 60.5. The van der Waals surface area contributed by atoms with Gasteiger partial charge in [0.1, 0.15) is 23.4 Å². The highest BCUT2D eigenvalue weighted by atomic mass is 17.2. The molecule has 522 valence electrons. The Morgan fingerprint density at radius 3 is 0.455 bits per heavy atom. The Morgan fingerprint density at radius 2 is 0.307 bits per heavy atom. The summed E-state index contributed by atoms with van der Waals surface area (Å²) in [5.41, 5.74) is 0. The molecule has 0 bridgehead atoms. The molecule has 0 fully saturated rings. The van der Waals surface area contributed by atoms with E-state index in [1.165, 1.54) is 360 Å². The highest BCUT2D eigenvalue weighted by Crippen LogP contribution is 2.24. The van der Waals surface area contributed by atoms with Gasteiger partial charge in [0.15, 0.2) is 0 Å². The predicted molar refractivity (Wildman–Crippen MR) is 384 cm³/mol. The van der Waals surface area contributed by atoms with Gasteiger partial charge in [-0.1, -0.05) is 451 Å². The molecular formula is C82H158O6. The smallest absolute Gasteiger partial charge is 0.299 e. The van der Waals surface area contributed by atoms with Crippen molar-refractivity contribution in [2.45, 2.75) is 490 Å². The molecule has 0 rings (SSSR count). The van der Waals surface area contributed by atoms with Crippen molar-refractivity contribution in [3.05, 3.63) is 0 Å². The number of Topliss-reactive ketones (excluding diaryl/α,β-unsaturated/α-hetero) is 2. The van der Waals surface area contributed by atoms with Gasteiger partial charge in [0.2, 0.25) is 0 Å². The number of unbranched alkanes of at least 4 members (excludes halogenated alkanes) is 64. The average molecular weight is 1240 g/mol. The van der Waals surface area contributed by atoms with Gasteiger partial charge in [-0.15, -0.1) is 0 Å². The van der Waals surface area contributed by atoms with Crippen LogP contribution in [-0.4, -0.2) is 23.5 Å². The van der Waals surface area contributed by atoms with E-state index in [9.17, 15) is 19.2 Å². The van der Waals surface area contributed by atoms with Crippen LogP contribution in [0.15, 0.2) is 0 Å². The third-order valence-electron chi connectivity index (χ3n) is 19.8. The summed E-state index contributed by atoms with van der Waals surface area (Å²) in [6, 6.07) is 0. The number of hydrogen-bond acceptors (Lipinski definition) is 6. The lowest BCUT2D eigenvalue weighted by molar-refractivity contribution is -0.264. The molecule has 0 aliphatic heterocycles. The fraction of sp³-hybridized carbons (Fsp3) is 0.951. The largest absolute Gasteiger partial charge is 0.365 e. The quantitative estimate of drug-likeness (QED) is 0.0261. The molecule has 0 spiro atoms. The maximum Gasteiger partial charge on any atom is 0.365 e. The molecular weight excluding hydrogens is 1080 g/mol. The monoisotopic (exact) mass is 1240 g/mol. The van der Waals surface area contributed by atoms with E-state index < -0.39 is 23.8 Å². The van der Waals surface area contributed by atoms with Gasteiger partial charge in [0.25, 0.3) is 0 Å². The van der Waals surface area contributed by atoms with Crippen molar-refractivity contribution in [3.63, 3.8) is 0 Å². The molecule has 6 nitrogen and oxygen atoms in total. The van der Waals surface area contributed by atoms with Gasteiger partial charge >= 0.3 is 11.9 Å². The second-order valence-corrected chi connectivity index (χ2v) is 28.5. The maximum absolute atomic E-state index is 13.7. The minimum absolute atomic E-state index is 0.0977. The first kappa shape index (κ1) is 86.3. The number of ketones is 2. The van der Waals surface area contributed by atoms with E-state index in [-0.39, 0.29) is 11.6 Å². The van der Waals surface area contributed by atoms with Crippen LogP contribution in [0.2, 0.25) is 0 Å². The molecule has 0 radical (unpaired) electrons. The summed E-state index contributed by atoms with van der Waals surface area (Å²) in [5, 5.41) is 0.